The lowest BCUT2D eigenvalue weighted by molar-refractivity contribution is 0.570. The van der Waals surface area contributed by atoms with E-state index in [1.165, 1.54) is 0 Å². The molecule has 2 N–H and O–H groups in total. The molecule has 6 heteroatoms. The van der Waals surface area contributed by atoms with Crippen molar-refractivity contribution in [2.45, 2.75) is 38.3 Å². The summed E-state index contributed by atoms with van der Waals surface area (Å²) in [5, 5.41) is 3.03. The smallest absolute Gasteiger partial charge is 0.241 e. The molecule has 0 aliphatic heterocycles. The predicted octanol–water partition coefficient (Wildman–Crippen LogP) is 2.13. The Morgan fingerprint density at radius 1 is 1.35 bits per heavy atom. The highest BCUT2D eigenvalue weighted by Crippen LogP contribution is 2.18. The molecular formula is C14H24N2O2S2. The number of rotatable bonds is 8. The summed E-state index contributed by atoms with van der Waals surface area (Å²) >= 11 is 1.73. The van der Waals surface area contributed by atoms with E-state index in [2.05, 4.69) is 17.0 Å². The topological polar surface area (TPSA) is 58.2 Å². The fourth-order valence-electron chi connectivity index (χ4n) is 1.91. The highest BCUT2D eigenvalue weighted by molar-refractivity contribution is 7.99. The predicted molar refractivity (Wildman–Crippen MR) is 86.7 cm³/mol. The van der Waals surface area contributed by atoms with Gasteiger partial charge in [-0.05, 0) is 43.8 Å². The number of nitrogens with one attached hydrogen (secondary N) is 2. The Morgan fingerprint density at radius 3 is 2.65 bits per heavy atom. The Labute approximate surface area is 126 Å². The number of sulfonamides is 1. The van der Waals surface area contributed by atoms with E-state index in [0.29, 0.717) is 11.4 Å². The number of hydrogen-bond donors (Lipinski definition) is 2. The summed E-state index contributed by atoms with van der Waals surface area (Å²) in [7, 11) is -1.61. The van der Waals surface area contributed by atoms with Crippen molar-refractivity contribution in [1.82, 2.24) is 10.0 Å². The minimum Gasteiger partial charge on any atom is -0.316 e. The molecule has 0 heterocycles. The van der Waals surface area contributed by atoms with Crippen LogP contribution < -0.4 is 10.0 Å². The monoisotopic (exact) mass is 316 g/mol. The SMILES string of the molecule is CCSCC(C)NS(=O)(=O)c1cc(CNC)ccc1C. The van der Waals surface area contributed by atoms with Crippen LogP contribution in [0.2, 0.25) is 0 Å². The fourth-order valence-corrected chi connectivity index (χ4v) is 4.22. The van der Waals surface area contributed by atoms with Crippen LogP contribution in [0.5, 0.6) is 0 Å². The van der Waals surface area contributed by atoms with Crippen LogP contribution >= 0.6 is 11.8 Å². The first-order chi connectivity index (χ1) is 9.40. The molecule has 1 atom stereocenters. The zero-order valence-electron chi connectivity index (χ0n) is 12.6. The van der Waals surface area contributed by atoms with Crippen molar-refractivity contribution in [2.24, 2.45) is 0 Å². The first-order valence-corrected chi connectivity index (χ1v) is 9.38. The van der Waals surface area contributed by atoms with E-state index in [1.54, 1.807) is 17.8 Å². The van der Waals surface area contributed by atoms with Gasteiger partial charge in [-0.15, -0.1) is 0 Å². The molecule has 1 rings (SSSR count). The van der Waals surface area contributed by atoms with Crippen molar-refractivity contribution in [3.05, 3.63) is 29.3 Å². The summed E-state index contributed by atoms with van der Waals surface area (Å²) in [5.74, 6) is 1.77. The maximum atomic E-state index is 12.4. The summed E-state index contributed by atoms with van der Waals surface area (Å²) in [6, 6.07) is 5.47. The molecular weight excluding hydrogens is 292 g/mol. The maximum Gasteiger partial charge on any atom is 0.241 e. The van der Waals surface area contributed by atoms with Gasteiger partial charge in [0.25, 0.3) is 0 Å². The third-order valence-electron chi connectivity index (χ3n) is 2.85. The molecule has 0 bridgehead atoms. The maximum absolute atomic E-state index is 12.4. The first-order valence-electron chi connectivity index (χ1n) is 6.75. The first kappa shape index (κ1) is 17.5. The molecule has 0 saturated carbocycles. The van der Waals surface area contributed by atoms with Gasteiger partial charge in [-0.25, -0.2) is 13.1 Å². The molecule has 0 amide bonds. The number of benzene rings is 1. The number of thioether (sulfide) groups is 1. The summed E-state index contributed by atoms with van der Waals surface area (Å²) in [4.78, 5) is 0.374. The van der Waals surface area contributed by atoms with Gasteiger partial charge in [-0.2, -0.15) is 11.8 Å². The van der Waals surface area contributed by atoms with Gasteiger partial charge in [0.2, 0.25) is 10.0 Å². The summed E-state index contributed by atoms with van der Waals surface area (Å²) < 4.78 is 27.6. The van der Waals surface area contributed by atoms with Crippen LogP contribution in [0.25, 0.3) is 0 Å². The lowest BCUT2D eigenvalue weighted by atomic mass is 10.1. The van der Waals surface area contributed by atoms with E-state index >= 15 is 0 Å². The third kappa shape index (κ3) is 5.09. The molecule has 0 aliphatic carbocycles. The van der Waals surface area contributed by atoms with Crippen molar-refractivity contribution in [2.75, 3.05) is 18.6 Å². The van der Waals surface area contributed by atoms with Gasteiger partial charge >= 0.3 is 0 Å². The molecule has 1 aromatic carbocycles. The standard InChI is InChI=1S/C14H24N2O2S2/c1-5-19-10-12(3)16-20(17,18)14-8-13(9-15-4)7-6-11(14)2/h6-8,12,15-16H,5,9-10H2,1-4H3. The fraction of sp³-hybridized carbons (Fsp3) is 0.571. The van der Waals surface area contributed by atoms with E-state index in [1.807, 2.05) is 33.0 Å². The molecule has 20 heavy (non-hydrogen) atoms. The average Bonchev–Trinajstić information content (AvgIpc) is 2.38. The molecule has 0 aromatic heterocycles. The van der Waals surface area contributed by atoms with Crippen LogP contribution in [0.1, 0.15) is 25.0 Å². The number of hydrogen-bond acceptors (Lipinski definition) is 4. The van der Waals surface area contributed by atoms with Gasteiger partial charge in [0.15, 0.2) is 0 Å². The van der Waals surface area contributed by atoms with E-state index in [0.717, 1.165) is 22.6 Å². The number of aryl methyl sites for hydroxylation is 1. The van der Waals surface area contributed by atoms with E-state index < -0.39 is 10.0 Å². The van der Waals surface area contributed by atoms with Crippen LogP contribution in [-0.4, -0.2) is 33.0 Å². The molecule has 1 unspecified atom stereocenters. The van der Waals surface area contributed by atoms with Crippen LogP contribution in [0.15, 0.2) is 23.1 Å². The van der Waals surface area contributed by atoms with Crippen LogP contribution in [0, 0.1) is 6.92 Å². The lowest BCUT2D eigenvalue weighted by Gasteiger charge is -2.15. The summed E-state index contributed by atoms with van der Waals surface area (Å²) in [5.41, 5.74) is 1.74. The average molecular weight is 316 g/mol. The molecule has 1 aromatic rings. The zero-order valence-corrected chi connectivity index (χ0v) is 14.2. The Hall–Kier alpha value is -0.560. The Kier molecular flexibility index (Phi) is 7.02. The van der Waals surface area contributed by atoms with Crippen molar-refractivity contribution in [3.63, 3.8) is 0 Å². The van der Waals surface area contributed by atoms with Crippen LogP contribution in [0.4, 0.5) is 0 Å². The Bertz CT molecular complexity index is 530. The molecule has 0 radical (unpaired) electrons. The van der Waals surface area contributed by atoms with Crippen molar-refractivity contribution in [1.29, 1.82) is 0 Å². The van der Waals surface area contributed by atoms with E-state index in [9.17, 15) is 8.42 Å². The van der Waals surface area contributed by atoms with Crippen LogP contribution in [-0.2, 0) is 16.6 Å². The van der Waals surface area contributed by atoms with Crippen molar-refractivity contribution >= 4 is 21.8 Å². The van der Waals surface area contributed by atoms with Gasteiger partial charge in [-0.3, -0.25) is 0 Å². The minimum atomic E-state index is -3.45. The molecule has 0 saturated heterocycles. The molecule has 114 valence electrons. The summed E-state index contributed by atoms with van der Waals surface area (Å²) in [6.45, 7) is 6.44. The third-order valence-corrected chi connectivity index (χ3v) is 5.73. The van der Waals surface area contributed by atoms with Gasteiger partial charge in [-0.1, -0.05) is 19.1 Å². The van der Waals surface area contributed by atoms with Gasteiger partial charge in [0, 0.05) is 18.3 Å². The molecule has 0 spiro atoms. The highest BCUT2D eigenvalue weighted by Gasteiger charge is 2.19. The summed E-state index contributed by atoms with van der Waals surface area (Å²) in [6.07, 6.45) is 0. The van der Waals surface area contributed by atoms with Gasteiger partial charge in [0.05, 0.1) is 4.90 Å². The molecule has 0 aliphatic rings. The van der Waals surface area contributed by atoms with Crippen molar-refractivity contribution < 1.29 is 8.42 Å². The second-order valence-electron chi connectivity index (χ2n) is 4.81. The Balaban J connectivity index is 2.93. The van der Waals surface area contributed by atoms with E-state index in [4.69, 9.17) is 0 Å². The molecule has 4 nitrogen and oxygen atoms in total. The van der Waals surface area contributed by atoms with Crippen LogP contribution in [0.3, 0.4) is 0 Å². The van der Waals surface area contributed by atoms with E-state index in [-0.39, 0.29) is 6.04 Å². The largest absolute Gasteiger partial charge is 0.316 e. The van der Waals surface area contributed by atoms with Gasteiger partial charge in [0.1, 0.15) is 0 Å². The highest BCUT2D eigenvalue weighted by atomic mass is 32.2. The second-order valence-corrected chi connectivity index (χ2v) is 7.81. The van der Waals surface area contributed by atoms with Crippen molar-refractivity contribution in [3.8, 4) is 0 Å². The second kappa shape index (κ2) is 8.02. The quantitative estimate of drug-likeness (QED) is 0.771. The van der Waals surface area contributed by atoms with Gasteiger partial charge < -0.3 is 5.32 Å². The normalized spacial score (nSPS) is 13.4. The minimum absolute atomic E-state index is 0.0719. The zero-order chi connectivity index (χ0) is 15.2. The molecule has 0 fully saturated rings. The Morgan fingerprint density at radius 2 is 2.05 bits per heavy atom. The lowest BCUT2D eigenvalue weighted by Crippen LogP contribution is -2.34.